The zero-order chi connectivity index (χ0) is 10.8. The number of alkyl halides is 3. The molecule has 0 fully saturated rings. The lowest BCUT2D eigenvalue weighted by molar-refractivity contribution is -0.274. The van der Waals surface area contributed by atoms with Crippen LogP contribution in [-0.4, -0.2) is 6.36 Å². The van der Waals surface area contributed by atoms with Gasteiger partial charge in [-0.05, 0) is 18.2 Å². The molecule has 1 aromatic carbocycles. The van der Waals surface area contributed by atoms with Gasteiger partial charge in [-0.2, -0.15) is 0 Å². The highest BCUT2D eigenvalue weighted by molar-refractivity contribution is 5.68. The van der Waals surface area contributed by atoms with Gasteiger partial charge in [-0.1, -0.05) is 0 Å². The van der Waals surface area contributed by atoms with Crippen LogP contribution in [0.15, 0.2) is 18.2 Å². The van der Waals surface area contributed by atoms with Crippen LogP contribution < -0.4 is 10.5 Å². The third-order valence-corrected chi connectivity index (χ3v) is 1.36. The van der Waals surface area contributed by atoms with Crippen molar-refractivity contribution in [3.05, 3.63) is 29.6 Å². The van der Waals surface area contributed by atoms with Crippen LogP contribution >= 0.6 is 0 Å². The zero-order valence-electron chi connectivity index (χ0n) is 6.80. The first-order valence-corrected chi connectivity index (χ1v) is 3.45. The fourth-order valence-electron chi connectivity index (χ4n) is 0.817. The molecule has 0 spiro atoms. The van der Waals surface area contributed by atoms with E-state index < -0.39 is 12.1 Å². The normalized spacial score (nSPS) is 10.7. The summed E-state index contributed by atoms with van der Waals surface area (Å²) in [7, 11) is 0. The van der Waals surface area contributed by atoms with Crippen molar-refractivity contribution in [1.82, 2.24) is 0 Å². The Morgan fingerprint density at radius 1 is 1.36 bits per heavy atom. The fourth-order valence-corrected chi connectivity index (χ4v) is 0.817. The Morgan fingerprint density at radius 3 is 2.50 bits per heavy atom. The molecule has 0 unspecified atom stereocenters. The number of ether oxygens (including phenoxy) is 1. The van der Waals surface area contributed by atoms with Crippen LogP contribution in [0.1, 0.15) is 0 Å². The highest BCUT2D eigenvalue weighted by Crippen LogP contribution is 2.30. The van der Waals surface area contributed by atoms with Crippen LogP contribution in [0.4, 0.5) is 24.5 Å². The summed E-state index contributed by atoms with van der Waals surface area (Å²) in [6.45, 7) is 6.62. The lowest BCUT2D eigenvalue weighted by Gasteiger charge is -2.09. The van der Waals surface area contributed by atoms with E-state index in [1.54, 1.807) is 0 Å². The molecule has 2 N–H and O–H groups in total. The minimum Gasteiger partial charge on any atom is -0.407 e. The molecule has 1 rings (SSSR count). The van der Waals surface area contributed by atoms with E-state index in [0.717, 1.165) is 12.1 Å². The quantitative estimate of drug-likeness (QED) is 0.561. The second-order valence-electron chi connectivity index (χ2n) is 2.38. The molecule has 0 aliphatic rings. The Balaban J connectivity index is 2.97. The van der Waals surface area contributed by atoms with Crippen molar-refractivity contribution in [3.63, 3.8) is 0 Å². The van der Waals surface area contributed by atoms with Gasteiger partial charge in [0, 0.05) is 5.69 Å². The molecule has 0 radical (unpaired) electrons. The van der Waals surface area contributed by atoms with Gasteiger partial charge >= 0.3 is 6.36 Å². The van der Waals surface area contributed by atoms with Crippen LogP contribution in [0, 0.1) is 6.57 Å². The molecule has 6 heteroatoms. The summed E-state index contributed by atoms with van der Waals surface area (Å²) in [5, 5.41) is 0. The number of halogens is 3. The first kappa shape index (κ1) is 10.2. The lowest BCUT2D eigenvalue weighted by Crippen LogP contribution is -2.17. The Bertz CT molecular complexity index is 381. The van der Waals surface area contributed by atoms with Gasteiger partial charge in [0.2, 0.25) is 5.69 Å². The number of anilines is 1. The molecule has 74 valence electrons. The summed E-state index contributed by atoms with van der Waals surface area (Å²) in [4.78, 5) is 2.94. The Hall–Kier alpha value is -1.90. The van der Waals surface area contributed by atoms with E-state index in [0.29, 0.717) is 0 Å². The Labute approximate surface area is 77.7 Å². The second kappa shape index (κ2) is 3.46. The number of rotatable bonds is 1. The monoisotopic (exact) mass is 202 g/mol. The van der Waals surface area contributed by atoms with Gasteiger partial charge in [-0.25, -0.2) is 4.85 Å². The van der Waals surface area contributed by atoms with Crippen LogP contribution in [0.25, 0.3) is 4.85 Å². The molecule has 0 saturated heterocycles. The van der Waals surface area contributed by atoms with Crippen molar-refractivity contribution in [2.45, 2.75) is 6.36 Å². The Morgan fingerprint density at radius 2 is 2.00 bits per heavy atom. The van der Waals surface area contributed by atoms with E-state index in [4.69, 9.17) is 12.3 Å². The molecule has 0 heterocycles. The predicted molar refractivity (Wildman–Crippen MR) is 43.8 cm³/mol. The molecule has 0 bridgehead atoms. The molecule has 3 nitrogen and oxygen atoms in total. The maximum absolute atomic E-state index is 11.7. The van der Waals surface area contributed by atoms with E-state index in [-0.39, 0.29) is 11.4 Å². The lowest BCUT2D eigenvalue weighted by atomic mass is 10.2. The third kappa shape index (κ3) is 2.55. The van der Waals surface area contributed by atoms with Gasteiger partial charge < -0.3 is 10.5 Å². The Kier molecular flexibility index (Phi) is 2.51. The highest BCUT2D eigenvalue weighted by atomic mass is 19.4. The molecule has 14 heavy (non-hydrogen) atoms. The predicted octanol–water partition coefficient (Wildman–Crippen LogP) is 2.72. The maximum atomic E-state index is 11.7. The molecule has 0 amide bonds. The number of nitrogens with zero attached hydrogens (tertiary/aromatic N) is 1. The molecule has 0 aromatic heterocycles. The SMILES string of the molecule is [C-]#[N+]c1cc(OC(F)(F)F)ccc1N. The van der Waals surface area contributed by atoms with Crippen molar-refractivity contribution in [2.24, 2.45) is 0 Å². The van der Waals surface area contributed by atoms with Crippen LogP contribution in [0.3, 0.4) is 0 Å². The van der Waals surface area contributed by atoms with Gasteiger partial charge in [-0.3, -0.25) is 0 Å². The van der Waals surface area contributed by atoms with Crippen molar-refractivity contribution in [1.29, 1.82) is 0 Å². The maximum Gasteiger partial charge on any atom is 0.573 e. The molecule has 0 aliphatic heterocycles. The number of nitrogen functional groups attached to an aromatic ring is 1. The molecule has 0 atom stereocenters. The van der Waals surface area contributed by atoms with Crippen molar-refractivity contribution >= 4 is 11.4 Å². The minimum absolute atomic E-state index is 0.0632. The molecular formula is C8H5F3N2O. The van der Waals surface area contributed by atoms with Gasteiger partial charge in [-0.15, -0.1) is 13.2 Å². The fraction of sp³-hybridized carbons (Fsp3) is 0.125. The average molecular weight is 202 g/mol. The van der Waals surface area contributed by atoms with Crippen LogP contribution in [0.2, 0.25) is 0 Å². The topological polar surface area (TPSA) is 39.6 Å². The van der Waals surface area contributed by atoms with Gasteiger partial charge in [0.1, 0.15) is 5.75 Å². The first-order chi connectivity index (χ1) is 6.42. The van der Waals surface area contributed by atoms with E-state index in [9.17, 15) is 13.2 Å². The van der Waals surface area contributed by atoms with Crippen molar-refractivity contribution < 1.29 is 17.9 Å². The summed E-state index contributed by atoms with van der Waals surface area (Å²) in [5.74, 6) is -0.447. The van der Waals surface area contributed by atoms with E-state index in [1.165, 1.54) is 6.07 Å². The molecule has 1 aromatic rings. The molecule has 0 aliphatic carbocycles. The zero-order valence-corrected chi connectivity index (χ0v) is 6.80. The number of nitrogens with two attached hydrogens (primary N) is 1. The second-order valence-corrected chi connectivity index (χ2v) is 2.38. The minimum atomic E-state index is -4.75. The standard InChI is InChI=1S/C8H5F3N2O/c1-13-7-4-5(2-3-6(7)12)14-8(9,10)11/h2-4H,12H2. The van der Waals surface area contributed by atoms with Crippen LogP contribution in [0.5, 0.6) is 5.75 Å². The number of hydrogen-bond acceptors (Lipinski definition) is 2. The van der Waals surface area contributed by atoms with Gasteiger partial charge in [0.05, 0.1) is 6.57 Å². The summed E-state index contributed by atoms with van der Waals surface area (Å²) >= 11 is 0. The summed E-state index contributed by atoms with van der Waals surface area (Å²) in [6, 6.07) is 3.18. The van der Waals surface area contributed by atoms with Crippen molar-refractivity contribution in [2.75, 3.05) is 5.73 Å². The average Bonchev–Trinajstić information content (AvgIpc) is 2.06. The van der Waals surface area contributed by atoms with E-state index >= 15 is 0 Å². The number of hydrogen-bond donors (Lipinski definition) is 1. The summed E-state index contributed by atoms with van der Waals surface area (Å²) in [6.07, 6.45) is -4.75. The summed E-state index contributed by atoms with van der Waals surface area (Å²) in [5.41, 5.74) is 5.37. The van der Waals surface area contributed by atoms with Crippen LogP contribution in [-0.2, 0) is 0 Å². The van der Waals surface area contributed by atoms with Crippen molar-refractivity contribution in [3.8, 4) is 5.75 Å². The summed E-state index contributed by atoms with van der Waals surface area (Å²) < 4.78 is 38.8. The molecule has 0 saturated carbocycles. The van der Waals surface area contributed by atoms with Gasteiger partial charge in [0.25, 0.3) is 0 Å². The van der Waals surface area contributed by atoms with E-state index in [2.05, 4.69) is 9.58 Å². The highest BCUT2D eigenvalue weighted by Gasteiger charge is 2.31. The number of benzene rings is 1. The van der Waals surface area contributed by atoms with Gasteiger partial charge in [0.15, 0.2) is 0 Å². The third-order valence-electron chi connectivity index (χ3n) is 1.36. The smallest absolute Gasteiger partial charge is 0.407 e. The largest absolute Gasteiger partial charge is 0.573 e. The molecular weight excluding hydrogens is 197 g/mol. The van der Waals surface area contributed by atoms with E-state index in [1.807, 2.05) is 0 Å². The first-order valence-electron chi connectivity index (χ1n) is 3.45.